The molecule has 1 fully saturated rings. The Morgan fingerprint density at radius 2 is 1.80 bits per heavy atom. The van der Waals surface area contributed by atoms with E-state index in [0.29, 0.717) is 35.3 Å². The second kappa shape index (κ2) is 11.8. The predicted molar refractivity (Wildman–Crippen MR) is 134 cm³/mol. The van der Waals surface area contributed by atoms with Gasteiger partial charge in [0.05, 0.1) is 6.54 Å². The molecule has 2 amide bonds. The van der Waals surface area contributed by atoms with Gasteiger partial charge in [-0.05, 0) is 73.8 Å². The fraction of sp³-hybridized carbons (Fsp3) is 0.375. The number of likely N-dealkylation sites (tertiary alicyclic amines) is 1. The molecule has 0 saturated carbocycles. The molecule has 2 heterocycles. The van der Waals surface area contributed by atoms with E-state index in [1.807, 2.05) is 37.0 Å². The van der Waals surface area contributed by atoms with Crippen LogP contribution in [0.1, 0.15) is 23.2 Å². The number of anilines is 1. The Morgan fingerprint density at radius 3 is 2.49 bits per heavy atom. The van der Waals surface area contributed by atoms with Gasteiger partial charge < -0.3 is 19.9 Å². The lowest BCUT2D eigenvalue weighted by Crippen LogP contribution is -2.41. The number of thioether (sulfide) groups is 1. The van der Waals surface area contributed by atoms with Gasteiger partial charge in [0.2, 0.25) is 5.16 Å². The highest BCUT2D eigenvalue weighted by atomic mass is 32.2. The van der Waals surface area contributed by atoms with Crippen LogP contribution in [-0.2, 0) is 6.54 Å². The Kier molecular flexibility index (Phi) is 8.32. The number of ether oxygens (including phenoxy) is 1. The molecule has 184 valence electrons. The molecule has 1 saturated heterocycles. The molecule has 3 aromatic rings. The lowest BCUT2D eigenvalue weighted by atomic mass is 10.1. The van der Waals surface area contributed by atoms with Crippen molar-refractivity contribution in [3.8, 4) is 5.75 Å². The van der Waals surface area contributed by atoms with Gasteiger partial charge in [-0.2, -0.15) is 0 Å². The number of tetrazole rings is 1. The van der Waals surface area contributed by atoms with Crippen molar-refractivity contribution in [2.24, 2.45) is 0 Å². The molecule has 0 unspecified atom stereocenters. The quantitative estimate of drug-likeness (QED) is 0.508. The highest BCUT2D eigenvalue weighted by Gasteiger charge is 2.26. The van der Waals surface area contributed by atoms with Crippen LogP contribution in [-0.4, -0.2) is 81.0 Å². The number of aromatic nitrogens is 4. The van der Waals surface area contributed by atoms with E-state index in [0.717, 1.165) is 31.1 Å². The van der Waals surface area contributed by atoms with Gasteiger partial charge in [-0.25, -0.2) is 9.48 Å². The number of rotatable bonds is 8. The summed E-state index contributed by atoms with van der Waals surface area (Å²) in [6, 6.07) is 15.8. The van der Waals surface area contributed by atoms with E-state index in [-0.39, 0.29) is 12.0 Å². The zero-order valence-corrected chi connectivity index (χ0v) is 20.6. The molecule has 0 aliphatic carbocycles. The molecule has 10 nitrogen and oxygen atoms in total. The smallest absolute Gasteiger partial charge is 0.410 e. The first-order chi connectivity index (χ1) is 17.0. The summed E-state index contributed by atoms with van der Waals surface area (Å²) in [5, 5.41) is 16.0. The number of nitrogens with zero attached hydrogens (tertiary/aromatic N) is 6. The van der Waals surface area contributed by atoms with E-state index >= 15 is 0 Å². The molecule has 0 atom stereocenters. The Balaban J connectivity index is 1.23. The normalized spacial score (nSPS) is 14.2. The maximum Gasteiger partial charge on any atom is 0.415 e. The van der Waals surface area contributed by atoms with Gasteiger partial charge in [-0.1, -0.05) is 30.0 Å². The van der Waals surface area contributed by atoms with Crippen molar-refractivity contribution in [2.45, 2.75) is 29.8 Å². The maximum atomic E-state index is 12.6. The van der Waals surface area contributed by atoms with E-state index in [1.54, 1.807) is 53.1 Å². The van der Waals surface area contributed by atoms with Crippen molar-refractivity contribution in [3.63, 3.8) is 0 Å². The molecular formula is C24H29N7O3S. The first-order valence-electron chi connectivity index (χ1n) is 11.5. The topological polar surface area (TPSA) is 105 Å². The molecular weight excluding hydrogens is 466 g/mol. The zero-order chi connectivity index (χ0) is 24.6. The van der Waals surface area contributed by atoms with Crippen molar-refractivity contribution in [1.29, 1.82) is 0 Å². The van der Waals surface area contributed by atoms with Crippen LogP contribution in [0.25, 0.3) is 0 Å². The van der Waals surface area contributed by atoms with Crippen molar-refractivity contribution >= 4 is 29.4 Å². The number of hydrogen-bond donors (Lipinski definition) is 1. The van der Waals surface area contributed by atoms with Crippen LogP contribution in [0.2, 0.25) is 0 Å². The number of nitrogens with one attached hydrogen (secondary N) is 1. The molecule has 0 bridgehead atoms. The van der Waals surface area contributed by atoms with E-state index in [2.05, 4.69) is 25.7 Å². The van der Waals surface area contributed by atoms with Gasteiger partial charge in [0.25, 0.3) is 5.91 Å². The van der Waals surface area contributed by atoms with Gasteiger partial charge in [-0.15, -0.1) is 5.10 Å². The lowest BCUT2D eigenvalue weighted by Gasteiger charge is -2.30. The summed E-state index contributed by atoms with van der Waals surface area (Å²) in [5.41, 5.74) is 1.21. The van der Waals surface area contributed by atoms with Crippen molar-refractivity contribution in [2.75, 3.05) is 39.0 Å². The first kappa shape index (κ1) is 24.7. The number of piperidine rings is 1. The number of carbonyl (C=O) groups excluding carboxylic acids is 2. The average Bonchev–Trinajstić information content (AvgIpc) is 3.31. The predicted octanol–water partition coefficient (Wildman–Crippen LogP) is 3.24. The third-order valence-corrected chi connectivity index (χ3v) is 6.89. The van der Waals surface area contributed by atoms with Crippen LogP contribution in [0.4, 0.5) is 10.5 Å². The van der Waals surface area contributed by atoms with Gasteiger partial charge >= 0.3 is 6.09 Å². The molecule has 0 radical (unpaired) electrons. The summed E-state index contributed by atoms with van der Waals surface area (Å²) >= 11 is 1.67. The summed E-state index contributed by atoms with van der Waals surface area (Å²) in [7, 11) is 4.04. The Hall–Kier alpha value is -3.44. The Labute approximate surface area is 208 Å². The third-order valence-electron chi connectivity index (χ3n) is 5.58. The summed E-state index contributed by atoms with van der Waals surface area (Å²) in [4.78, 5) is 28.7. The molecule has 1 N–H and O–H groups in total. The van der Waals surface area contributed by atoms with Gasteiger partial charge in [-0.3, -0.25) is 4.79 Å². The van der Waals surface area contributed by atoms with Gasteiger partial charge in [0.1, 0.15) is 5.75 Å². The number of carbonyl (C=O) groups is 2. The summed E-state index contributed by atoms with van der Waals surface area (Å²) in [5.74, 6) is 0.243. The van der Waals surface area contributed by atoms with E-state index < -0.39 is 0 Å². The minimum atomic E-state index is -0.370. The molecule has 0 spiro atoms. The summed E-state index contributed by atoms with van der Waals surface area (Å²) in [6.45, 7) is 2.83. The highest BCUT2D eigenvalue weighted by molar-refractivity contribution is 7.99. The monoisotopic (exact) mass is 495 g/mol. The maximum absolute atomic E-state index is 12.6. The van der Waals surface area contributed by atoms with Crippen LogP contribution in [0.5, 0.6) is 5.75 Å². The minimum Gasteiger partial charge on any atom is -0.410 e. The van der Waals surface area contributed by atoms with Crippen molar-refractivity contribution in [3.05, 3.63) is 60.2 Å². The molecule has 1 aliphatic heterocycles. The first-order valence-corrected chi connectivity index (χ1v) is 12.4. The minimum absolute atomic E-state index is 0.192. The van der Waals surface area contributed by atoms with Gasteiger partial charge in [0.15, 0.2) is 0 Å². The van der Waals surface area contributed by atoms with E-state index in [1.165, 1.54) is 0 Å². The molecule has 1 aromatic heterocycles. The zero-order valence-electron chi connectivity index (χ0n) is 19.8. The van der Waals surface area contributed by atoms with Crippen LogP contribution in [0.15, 0.2) is 59.8 Å². The Morgan fingerprint density at radius 1 is 1.09 bits per heavy atom. The summed E-state index contributed by atoms with van der Waals surface area (Å²) < 4.78 is 7.37. The standard InChI is InChI=1S/C24H29N7O3S/c1-29(2)16-17-31-23(26-27-28-31)35-21-12-14-30(15-13-21)24(33)34-20-10-8-19(9-11-20)25-22(32)18-6-4-3-5-7-18/h3-11,21H,12-17H2,1-2H3,(H,25,32). The number of benzene rings is 2. The number of amides is 2. The van der Waals surface area contributed by atoms with Crippen molar-refractivity contribution in [1.82, 2.24) is 30.0 Å². The van der Waals surface area contributed by atoms with Crippen LogP contribution in [0, 0.1) is 0 Å². The van der Waals surface area contributed by atoms with E-state index in [4.69, 9.17) is 4.74 Å². The highest BCUT2D eigenvalue weighted by Crippen LogP contribution is 2.29. The fourth-order valence-corrected chi connectivity index (χ4v) is 4.66. The molecule has 2 aromatic carbocycles. The molecule has 35 heavy (non-hydrogen) atoms. The lowest BCUT2D eigenvalue weighted by molar-refractivity contribution is 0.102. The van der Waals surface area contributed by atoms with Crippen LogP contribution < -0.4 is 10.1 Å². The second-order valence-corrected chi connectivity index (χ2v) is 9.77. The summed E-state index contributed by atoms with van der Waals surface area (Å²) in [6.07, 6.45) is 1.31. The average molecular weight is 496 g/mol. The molecule has 11 heteroatoms. The fourth-order valence-electron chi connectivity index (χ4n) is 3.59. The number of likely N-dealkylation sites (N-methyl/N-ethyl adjacent to an activating group) is 1. The van der Waals surface area contributed by atoms with Crippen LogP contribution in [0.3, 0.4) is 0 Å². The van der Waals surface area contributed by atoms with E-state index in [9.17, 15) is 9.59 Å². The van der Waals surface area contributed by atoms with Crippen LogP contribution >= 0.6 is 11.8 Å². The SMILES string of the molecule is CN(C)CCn1nnnc1SC1CCN(C(=O)Oc2ccc(NC(=O)c3ccccc3)cc2)CC1. The largest absolute Gasteiger partial charge is 0.415 e. The second-order valence-electron chi connectivity index (χ2n) is 8.50. The van der Waals surface area contributed by atoms with Gasteiger partial charge in [0, 0.05) is 36.1 Å². The molecule has 1 aliphatic rings. The third kappa shape index (κ3) is 7.03. The Bertz CT molecular complexity index is 1110. The van der Waals surface area contributed by atoms with Crippen molar-refractivity contribution < 1.29 is 14.3 Å². The molecule has 4 rings (SSSR count). The number of hydrogen-bond acceptors (Lipinski definition) is 8.